The Labute approximate surface area is 125 Å². The van der Waals surface area contributed by atoms with Crippen molar-refractivity contribution in [3.05, 3.63) is 32.6 Å². The molecule has 0 bridgehead atoms. The van der Waals surface area contributed by atoms with Crippen LogP contribution in [0.15, 0.2) is 15.8 Å². The summed E-state index contributed by atoms with van der Waals surface area (Å²) in [5.41, 5.74) is -1.21. The highest BCUT2D eigenvalue weighted by molar-refractivity contribution is 6.02. The van der Waals surface area contributed by atoms with Crippen molar-refractivity contribution in [3.8, 4) is 0 Å². The third-order valence-electron chi connectivity index (χ3n) is 3.16. The maximum Gasteiger partial charge on any atom is 0.330 e. The quantitative estimate of drug-likeness (QED) is 0.767. The van der Waals surface area contributed by atoms with Crippen LogP contribution in [0.5, 0.6) is 0 Å². The summed E-state index contributed by atoms with van der Waals surface area (Å²) in [5.74, 6) is -0.554. The average Bonchev–Trinajstić information content (AvgIpc) is 2.88. The predicted molar refractivity (Wildman–Crippen MR) is 77.6 cm³/mol. The number of amides is 1. The number of anilines is 1. The molecule has 2 rings (SSSR count). The minimum atomic E-state index is -0.663. The van der Waals surface area contributed by atoms with E-state index in [0.29, 0.717) is 6.42 Å². The van der Waals surface area contributed by atoms with Crippen molar-refractivity contribution in [1.82, 2.24) is 29.3 Å². The Morgan fingerprint density at radius 3 is 2.64 bits per heavy atom. The van der Waals surface area contributed by atoms with Crippen LogP contribution >= 0.6 is 0 Å². The van der Waals surface area contributed by atoms with Crippen molar-refractivity contribution in [2.24, 2.45) is 14.1 Å². The largest absolute Gasteiger partial charge is 0.330 e. The molecule has 2 aromatic heterocycles. The number of tetrazole rings is 1. The van der Waals surface area contributed by atoms with E-state index in [-0.39, 0.29) is 18.1 Å². The summed E-state index contributed by atoms with van der Waals surface area (Å²) in [7, 11) is 3.04. The third kappa shape index (κ3) is 2.95. The molecule has 22 heavy (non-hydrogen) atoms. The van der Waals surface area contributed by atoms with Gasteiger partial charge in [0.2, 0.25) is 5.95 Å². The van der Waals surface area contributed by atoms with Gasteiger partial charge in [0.05, 0.1) is 0 Å². The molecule has 0 atom stereocenters. The zero-order valence-electron chi connectivity index (χ0n) is 12.6. The normalized spacial score (nSPS) is 10.7. The Morgan fingerprint density at radius 2 is 2.05 bits per heavy atom. The Hall–Kier alpha value is -2.78. The van der Waals surface area contributed by atoms with Crippen molar-refractivity contribution in [2.45, 2.75) is 26.3 Å². The molecule has 0 aromatic carbocycles. The smallest absolute Gasteiger partial charge is 0.303 e. The Balaban J connectivity index is 2.40. The molecule has 0 saturated carbocycles. The second-order valence-corrected chi connectivity index (χ2v) is 4.83. The molecule has 0 aliphatic heterocycles. The monoisotopic (exact) mass is 307 g/mol. The lowest BCUT2D eigenvalue weighted by molar-refractivity contribution is 0.102. The molecule has 1 amide bonds. The number of nitrogens with one attached hydrogen (secondary N) is 1. The second-order valence-electron chi connectivity index (χ2n) is 4.83. The molecule has 0 aliphatic rings. The van der Waals surface area contributed by atoms with Gasteiger partial charge in [-0.05, 0) is 16.8 Å². The van der Waals surface area contributed by atoms with Crippen molar-refractivity contribution in [2.75, 3.05) is 5.32 Å². The standard InChI is InChI=1S/C12H17N7O3/c1-4-5-6-19-10(21)8(7-17(2)12(19)22)9(20)13-11-14-15-16-18(11)3/h7H,4-6H2,1-3H3,(H,13,14,16,20). The van der Waals surface area contributed by atoms with Crippen molar-refractivity contribution in [1.29, 1.82) is 0 Å². The van der Waals surface area contributed by atoms with Crippen molar-refractivity contribution < 1.29 is 4.79 Å². The molecule has 0 fully saturated rings. The van der Waals surface area contributed by atoms with E-state index in [4.69, 9.17) is 0 Å². The average molecular weight is 307 g/mol. The van der Waals surface area contributed by atoms with Gasteiger partial charge in [0, 0.05) is 26.8 Å². The third-order valence-corrected chi connectivity index (χ3v) is 3.16. The van der Waals surface area contributed by atoms with Crippen LogP contribution in [-0.2, 0) is 20.6 Å². The first-order chi connectivity index (χ1) is 10.5. The summed E-state index contributed by atoms with van der Waals surface area (Å²) in [5, 5.41) is 13.0. The molecule has 118 valence electrons. The Bertz CT molecular complexity index is 802. The van der Waals surface area contributed by atoms with Gasteiger partial charge in [-0.15, -0.1) is 0 Å². The molecule has 0 radical (unpaired) electrons. The summed E-state index contributed by atoms with van der Waals surface area (Å²) in [6.07, 6.45) is 2.72. The van der Waals surface area contributed by atoms with E-state index in [0.717, 1.165) is 11.0 Å². The number of hydrogen-bond donors (Lipinski definition) is 1. The van der Waals surface area contributed by atoms with E-state index in [2.05, 4.69) is 20.8 Å². The van der Waals surface area contributed by atoms with Crippen molar-refractivity contribution in [3.63, 3.8) is 0 Å². The van der Waals surface area contributed by atoms with Crippen LogP contribution in [0.2, 0.25) is 0 Å². The van der Waals surface area contributed by atoms with Crippen LogP contribution in [0.25, 0.3) is 0 Å². The van der Waals surface area contributed by atoms with Gasteiger partial charge in [0.1, 0.15) is 5.56 Å². The second kappa shape index (κ2) is 6.33. The van der Waals surface area contributed by atoms with Gasteiger partial charge >= 0.3 is 5.69 Å². The van der Waals surface area contributed by atoms with E-state index < -0.39 is 17.2 Å². The fourth-order valence-electron chi connectivity index (χ4n) is 1.90. The summed E-state index contributed by atoms with van der Waals surface area (Å²) in [6.45, 7) is 2.22. The summed E-state index contributed by atoms with van der Waals surface area (Å²) >= 11 is 0. The highest BCUT2D eigenvalue weighted by Gasteiger charge is 2.18. The lowest BCUT2D eigenvalue weighted by atomic mass is 10.3. The van der Waals surface area contributed by atoms with Gasteiger partial charge in [-0.25, -0.2) is 9.48 Å². The number of unbranched alkanes of at least 4 members (excludes halogenated alkanes) is 1. The highest BCUT2D eigenvalue weighted by Crippen LogP contribution is 2.00. The minimum absolute atomic E-state index is 0.110. The van der Waals surface area contributed by atoms with Crippen LogP contribution in [0.3, 0.4) is 0 Å². The van der Waals surface area contributed by atoms with Crippen LogP contribution < -0.4 is 16.6 Å². The van der Waals surface area contributed by atoms with Gasteiger partial charge < -0.3 is 4.57 Å². The van der Waals surface area contributed by atoms with E-state index in [1.54, 1.807) is 7.05 Å². The predicted octanol–water partition coefficient (Wildman–Crippen LogP) is -0.877. The first-order valence-electron chi connectivity index (χ1n) is 6.80. The Kier molecular flexibility index (Phi) is 4.49. The number of rotatable bonds is 5. The first kappa shape index (κ1) is 15.6. The molecule has 2 heterocycles. The lowest BCUT2D eigenvalue weighted by Crippen LogP contribution is -2.42. The van der Waals surface area contributed by atoms with Crippen LogP contribution in [0.4, 0.5) is 5.95 Å². The molecule has 0 saturated heterocycles. The molecular weight excluding hydrogens is 290 g/mol. The van der Waals surface area contributed by atoms with Gasteiger partial charge in [-0.2, -0.15) is 0 Å². The molecular formula is C12H17N7O3. The first-order valence-corrected chi connectivity index (χ1v) is 6.80. The van der Waals surface area contributed by atoms with Gasteiger partial charge in [-0.1, -0.05) is 18.4 Å². The zero-order chi connectivity index (χ0) is 16.3. The van der Waals surface area contributed by atoms with Crippen molar-refractivity contribution >= 4 is 11.9 Å². The van der Waals surface area contributed by atoms with Gasteiger partial charge in [0.25, 0.3) is 11.5 Å². The zero-order valence-corrected chi connectivity index (χ0v) is 12.6. The molecule has 0 spiro atoms. The van der Waals surface area contributed by atoms with E-state index in [1.165, 1.54) is 22.5 Å². The lowest BCUT2D eigenvalue weighted by Gasteiger charge is -2.09. The molecule has 10 nitrogen and oxygen atoms in total. The van der Waals surface area contributed by atoms with Crippen LogP contribution in [-0.4, -0.2) is 35.2 Å². The Morgan fingerprint density at radius 1 is 1.32 bits per heavy atom. The molecule has 10 heteroatoms. The highest BCUT2D eigenvalue weighted by atomic mass is 16.2. The number of carbonyl (C=O) groups is 1. The molecule has 0 aliphatic carbocycles. The number of carbonyl (C=O) groups excluding carboxylic acids is 1. The number of nitrogens with zero attached hydrogens (tertiary/aromatic N) is 6. The molecule has 2 aromatic rings. The number of hydrogen-bond acceptors (Lipinski definition) is 6. The van der Waals surface area contributed by atoms with E-state index in [9.17, 15) is 14.4 Å². The number of aromatic nitrogens is 6. The van der Waals surface area contributed by atoms with E-state index >= 15 is 0 Å². The van der Waals surface area contributed by atoms with Gasteiger partial charge in [0.15, 0.2) is 0 Å². The van der Waals surface area contributed by atoms with E-state index in [1.807, 2.05) is 6.92 Å². The molecule has 1 N–H and O–H groups in total. The van der Waals surface area contributed by atoms with Crippen LogP contribution in [0, 0.1) is 0 Å². The maximum absolute atomic E-state index is 12.3. The summed E-state index contributed by atoms with van der Waals surface area (Å²) in [6, 6.07) is 0. The van der Waals surface area contributed by atoms with Crippen LogP contribution in [0.1, 0.15) is 30.1 Å². The number of aryl methyl sites for hydroxylation is 2. The molecule has 0 unspecified atom stereocenters. The maximum atomic E-state index is 12.3. The summed E-state index contributed by atoms with van der Waals surface area (Å²) in [4.78, 5) is 36.6. The fourth-order valence-corrected chi connectivity index (χ4v) is 1.90. The SMILES string of the molecule is CCCCn1c(=O)c(C(=O)Nc2nnnn2C)cn(C)c1=O. The topological polar surface area (TPSA) is 117 Å². The fraction of sp³-hybridized carbons (Fsp3) is 0.500. The minimum Gasteiger partial charge on any atom is -0.303 e. The van der Waals surface area contributed by atoms with Gasteiger partial charge in [-0.3, -0.25) is 19.5 Å². The summed E-state index contributed by atoms with van der Waals surface area (Å²) < 4.78 is 3.53.